The Kier molecular flexibility index (Phi) is 3.92. The molecular weight excluding hydrogens is 212 g/mol. The molecule has 2 aliphatic rings. The number of rotatable bonds is 3. The minimum atomic E-state index is 0.310. The number of nitrogens with one attached hydrogen (secondary N) is 2. The molecule has 0 radical (unpaired) electrons. The summed E-state index contributed by atoms with van der Waals surface area (Å²) in [5.74, 6) is 1.83. The molecule has 2 atom stereocenters. The zero-order valence-corrected chi connectivity index (χ0v) is 11.4. The molecule has 2 rings (SSSR count). The van der Waals surface area contributed by atoms with Gasteiger partial charge < -0.3 is 15.5 Å². The highest BCUT2D eigenvalue weighted by Crippen LogP contribution is 2.35. The first kappa shape index (κ1) is 12.7. The molecule has 1 aliphatic carbocycles. The maximum absolute atomic E-state index is 4.41. The number of likely N-dealkylation sites (N-methyl/N-ethyl adjacent to an activating group) is 1. The second-order valence-corrected chi connectivity index (χ2v) is 5.83. The van der Waals surface area contributed by atoms with Crippen LogP contribution in [0.5, 0.6) is 0 Å². The largest absolute Gasteiger partial charge is 0.355 e. The molecule has 98 valence electrons. The molecule has 0 aromatic rings. The van der Waals surface area contributed by atoms with Gasteiger partial charge in [-0.3, -0.25) is 4.99 Å². The first-order chi connectivity index (χ1) is 8.12. The van der Waals surface area contributed by atoms with Crippen LogP contribution >= 0.6 is 0 Å². The van der Waals surface area contributed by atoms with Crippen molar-refractivity contribution in [3.63, 3.8) is 0 Å². The lowest BCUT2D eigenvalue weighted by Crippen LogP contribution is -2.56. The number of guanidine groups is 1. The van der Waals surface area contributed by atoms with Crippen molar-refractivity contribution in [2.24, 2.45) is 10.9 Å². The maximum Gasteiger partial charge on any atom is 0.191 e. The van der Waals surface area contributed by atoms with E-state index in [0.29, 0.717) is 5.54 Å². The van der Waals surface area contributed by atoms with Crippen LogP contribution in [0.2, 0.25) is 0 Å². The molecule has 0 amide bonds. The zero-order valence-electron chi connectivity index (χ0n) is 11.4. The van der Waals surface area contributed by atoms with E-state index >= 15 is 0 Å². The van der Waals surface area contributed by atoms with Gasteiger partial charge in [0.2, 0.25) is 0 Å². The van der Waals surface area contributed by atoms with E-state index < -0.39 is 0 Å². The fourth-order valence-corrected chi connectivity index (χ4v) is 3.12. The van der Waals surface area contributed by atoms with Crippen LogP contribution in [-0.2, 0) is 0 Å². The number of hydrogen-bond acceptors (Lipinski definition) is 4. The van der Waals surface area contributed by atoms with Gasteiger partial charge in [0.25, 0.3) is 0 Å². The smallest absolute Gasteiger partial charge is 0.191 e. The summed E-state index contributed by atoms with van der Waals surface area (Å²) < 4.78 is 0. The van der Waals surface area contributed by atoms with Crippen molar-refractivity contribution in [3.8, 4) is 0 Å². The third kappa shape index (κ3) is 2.92. The summed E-state index contributed by atoms with van der Waals surface area (Å²) in [6, 6.07) is 0. The first-order valence-corrected chi connectivity index (χ1v) is 6.82. The molecule has 4 heteroatoms. The van der Waals surface area contributed by atoms with Gasteiger partial charge in [-0.2, -0.15) is 0 Å². The molecule has 0 spiro atoms. The topological polar surface area (TPSA) is 39.7 Å². The van der Waals surface area contributed by atoms with Crippen LogP contribution in [0.4, 0.5) is 0 Å². The zero-order chi connectivity index (χ0) is 12.3. The second kappa shape index (κ2) is 5.25. The average Bonchev–Trinajstić information content (AvgIpc) is 2.79. The van der Waals surface area contributed by atoms with E-state index in [0.717, 1.165) is 31.5 Å². The normalized spacial score (nSPS) is 33.4. The van der Waals surface area contributed by atoms with E-state index in [9.17, 15) is 0 Å². The van der Waals surface area contributed by atoms with Gasteiger partial charge in [0.1, 0.15) is 0 Å². The van der Waals surface area contributed by atoms with Gasteiger partial charge in [-0.1, -0.05) is 19.8 Å². The van der Waals surface area contributed by atoms with Gasteiger partial charge in [0, 0.05) is 18.6 Å². The average molecular weight is 238 g/mol. The van der Waals surface area contributed by atoms with E-state index in [1.165, 1.54) is 25.7 Å². The summed E-state index contributed by atoms with van der Waals surface area (Å²) in [6.45, 7) is 5.28. The van der Waals surface area contributed by atoms with Gasteiger partial charge in [-0.25, -0.2) is 0 Å². The molecule has 17 heavy (non-hydrogen) atoms. The molecule has 1 heterocycles. The summed E-state index contributed by atoms with van der Waals surface area (Å²) in [6.07, 6.45) is 5.32. The Morgan fingerprint density at radius 2 is 2.35 bits per heavy atom. The van der Waals surface area contributed by atoms with Crippen molar-refractivity contribution in [2.45, 2.75) is 38.1 Å². The molecule has 2 unspecified atom stereocenters. The Balaban J connectivity index is 1.95. The van der Waals surface area contributed by atoms with E-state index in [4.69, 9.17) is 0 Å². The SMILES string of the molecule is CC1CCCC(CNC2=NCCN2)(N(C)C)C1. The Morgan fingerprint density at radius 3 is 2.94 bits per heavy atom. The molecule has 1 fully saturated rings. The number of nitrogens with zero attached hydrogens (tertiary/aromatic N) is 2. The molecule has 0 aromatic carbocycles. The summed E-state index contributed by atoms with van der Waals surface area (Å²) in [5.41, 5.74) is 0.310. The lowest BCUT2D eigenvalue weighted by molar-refractivity contribution is 0.0796. The molecule has 2 N–H and O–H groups in total. The summed E-state index contributed by atoms with van der Waals surface area (Å²) >= 11 is 0. The van der Waals surface area contributed by atoms with Crippen LogP contribution in [0.3, 0.4) is 0 Å². The highest BCUT2D eigenvalue weighted by atomic mass is 15.2. The van der Waals surface area contributed by atoms with Gasteiger partial charge in [-0.15, -0.1) is 0 Å². The highest BCUT2D eigenvalue weighted by Gasteiger charge is 2.36. The maximum atomic E-state index is 4.41. The van der Waals surface area contributed by atoms with Crippen molar-refractivity contribution in [2.75, 3.05) is 33.7 Å². The standard InChI is InChI=1S/C13H26N4/c1-11-5-4-6-13(9-11,17(2)3)10-16-12-14-7-8-15-12/h11H,4-10H2,1-3H3,(H2,14,15,16). The lowest BCUT2D eigenvalue weighted by Gasteiger charge is -2.45. The predicted octanol–water partition coefficient (Wildman–Crippen LogP) is 1.05. The lowest BCUT2D eigenvalue weighted by atomic mass is 9.75. The molecule has 4 nitrogen and oxygen atoms in total. The van der Waals surface area contributed by atoms with Crippen LogP contribution < -0.4 is 10.6 Å². The Labute approximate surface area is 105 Å². The summed E-state index contributed by atoms with van der Waals surface area (Å²) in [5, 5.41) is 6.78. The Bertz CT molecular complexity index is 287. The molecule has 0 bridgehead atoms. The molecule has 1 saturated carbocycles. The molecular formula is C13H26N4. The van der Waals surface area contributed by atoms with E-state index in [1.54, 1.807) is 0 Å². The summed E-state index contributed by atoms with van der Waals surface area (Å²) in [4.78, 5) is 6.81. The van der Waals surface area contributed by atoms with Crippen molar-refractivity contribution in [1.82, 2.24) is 15.5 Å². The highest BCUT2D eigenvalue weighted by molar-refractivity contribution is 5.81. The van der Waals surface area contributed by atoms with Gasteiger partial charge in [0.05, 0.1) is 6.54 Å². The van der Waals surface area contributed by atoms with Crippen LogP contribution in [0.1, 0.15) is 32.6 Å². The first-order valence-electron chi connectivity index (χ1n) is 6.82. The van der Waals surface area contributed by atoms with Gasteiger partial charge in [-0.05, 0) is 32.9 Å². The fourth-order valence-electron chi connectivity index (χ4n) is 3.12. The molecule has 0 saturated heterocycles. The van der Waals surface area contributed by atoms with Crippen LogP contribution in [-0.4, -0.2) is 50.1 Å². The monoisotopic (exact) mass is 238 g/mol. The van der Waals surface area contributed by atoms with Gasteiger partial charge in [0.15, 0.2) is 5.96 Å². The van der Waals surface area contributed by atoms with E-state index in [2.05, 4.69) is 41.5 Å². The Hall–Kier alpha value is -0.770. The third-order valence-corrected chi connectivity index (χ3v) is 4.28. The van der Waals surface area contributed by atoms with Crippen LogP contribution in [0, 0.1) is 5.92 Å². The second-order valence-electron chi connectivity index (χ2n) is 5.83. The Morgan fingerprint density at radius 1 is 1.53 bits per heavy atom. The van der Waals surface area contributed by atoms with E-state index in [1.807, 2.05) is 0 Å². The van der Waals surface area contributed by atoms with Crippen molar-refractivity contribution < 1.29 is 0 Å². The van der Waals surface area contributed by atoms with E-state index in [-0.39, 0.29) is 0 Å². The van der Waals surface area contributed by atoms with Crippen LogP contribution in [0.25, 0.3) is 0 Å². The number of aliphatic imine (C=N–C) groups is 1. The van der Waals surface area contributed by atoms with Crippen molar-refractivity contribution in [1.29, 1.82) is 0 Å². The van der Waals surface area contributed by atoms with Crippen LogP contribution in [0.15, 0.2) is 4.99 Å². The molecule has 0 aromatic heterocycles. The minimum Gasteiger partial charge on any atom is -0.355 e. The van der Waals surface area contributed by atoms with Crippen molar-refractivity contribution in [3.05, 3.63) is 0 Å². The predicted molar refractivity (Wildman–Crippen MR) is 72.4 cm³/mol. The quantitative estimate of drug-likeness (QED) is 0.772. The number of hydrogen-bond donors (Lipinski definition) is 2. The fraction of sp³-hybridized carbons (Fsp3) is 0.923. The van der Waals surface area contributed by atoms with Gasteiger partial charge >= 0.3 is 0 Å². The van der Waals surface area contributed by atoms with Crippen molar-refractivity contribution >= 4 is 5.96 Å². The minimum absolute atomic E-state index is 0.310. The summed E-state index contributed by atoms with van der Waals surface area (Å²) in [7, 11) is 4.42. The third-order valence-electron chi connectivity index (χ3n) is 4.28. The molecule has 1 aliphatic heterocycles.